The van der Waals surface area contributed by atoms with Gasteiger partial charge in [0, 0.05) is 23.2 Å². The highest BCUT2D eigenvalue weighted by Gasteiger charge is 2.17. The first-order valence-corrected chi connectivity index (χ1v) is 11.2. The first-order chi connectivity index (χ1) is 15.6. The van der Waals surface area contributed by atoms with Gasteiger partial charge in [0.25, 0.3) is 0 Å². The Balaban J connectivity index is 1.61. The van der Waals surface area contributed by atoms with Crippen LogP contribution in [0.5, 0.6) is 0 Å². The summed E-state index contributed by atoms with van der Waals surface area (Å²) in [5.74, 6) is -0.357. The summed E-state index contributed by atoms with van der Waals surface area (Å²) in [7, 11) is 0. The van der Waals surface area contributed by atoms with Crippen LogP contribution in [0.4, 0.5) is 4.39 Å². The van der Waals surface area contributed by atoms with Crippen molar-refractivity contribution in [1.29, 1.82) is 0 Å². The fourth-order valence-corrected chi connectivity index (χ4v) is 4.00. The molecule has 0 unspecified atom stereocenters. The van der Waals surface area contributed by atoms with Crippen LogP contribution in [0.25, 0.3) is 11.3 Å². The maximum atomic E-state index is 13.4. The van der Waals surface area contributed by atoms with E-state index >= 15 is 0 Å². The lowest BCUT2D eigenvalue weighted by atomic mass is 10.0. The second kappa shape index (κ2) is 10.5. The third-order valence-electron chi connectivity index (χ3n) is 5.39. The van der Waals surface area contributed by atoms with Crippen LogP contribution in [-0.4, -0.2) is 15.0 Å². The quantitative estimate of drug-likeness (QED) is 0.321. The Morgan fingerprint density at radius 1 is 0.969 bits per heavy atom. The van der Waals surface area contributed by atoms with Crippen molar-refractivity contribution in [3.8, 4) is 11.3 Å². The summed E-state index contributed by atoms with van der Waals surface area (Å²) in [5, 5.41) is 13.5. The van der Waals surface area contributed by atoms with Crippen LogP contribution in [0.3, 0.4) is 0 Å². The van der Waals surface area contributed by atoms with Crippen molar-refractivity contribution < 1.29 is 4.39 Å². The lowest BCUT2D eigenvalue weighted by molar-refractivity contribution is 0.485. The second-order valence-electron chi connectivity index (χ2n) is 7.76. The van der Waals surface area contributed by atoms with Gasteiger partial charge in [0.1, 0.15) is 17.2 Å². The minimum Gasteiger partial charge on any atom is -0.304 e. The van der Waals surface area contributed by atoms with Crippen molar-refractivity contribution in [3.63, 3.8) is 0 Å². The third kappa shape index (κ3) is 5.42. The fraction of sp³-hybridized carbons (Fsp3) is 0.231. The molecule has 3 aromatic carbocycles. The largest absolute Gasteiger partial charge is 0.304 e. The highest BCUT2D eigenvalue weighted by molar-refractivity contribution is 6.31. The molecule has 0 aliphatic carbocycles. The molecule has 0 aliphatic rings. The van der Waals surface area contributed by atoms with Gasteiger partial charge in [-0.05, 0) is 29.7 Å². The van der Waals surface area contributed by atoms with E-state index in [0.717, 1.165) is 35.4 Å². The Morgan fingerprint density at radius 2 is 1.69 bits per heavy atom. The monoisotopic (exact) mass is 448 g/mol. The van der Waals surface area contributed by atoms with E-state index in [2.05, 4.69) is 36.5 Å². The highest BCUT2D eigenvalue weighted by Crippen LogP contribution is 2.24. The molecule has 0 fully saturated rings. The minimum absolute atomic E-state index is 0.238. The summed E-state index contributed by atoms with van der Waals surface area (Å²) in [4.78, 5) is 1.63. The van der Waals surface area contributed by atoms with Crippen molar-refractivity contribution in [1.82, 2.24) is 20.3 Å². The first-order valence-electron chi connectivity index (χ1n) is 10.9. The van der Waals surface area contributed by atoms with Crippen molar-refractivity contribution >= 4 is 11.6 Å². The van der Waals surface area contributed by atoms with Gasteiger partial charge in [0.05, 0.1) is 6.54 Å². The van der Waals surface area contributed by atoms with Gasteiger partial charge >= 0.3 is 0 Å². The Morgan fingerprint density at radius 3 is 2.38 bits per heavy atom. The van der Waals surface area contributed by atoms with Crippen molar-refractivity contribution in [2.24, 2.45) is 0 Å². The topological polar surface area (TPSA) is 42.7 Å². The van der Waals surface area contributed by atoms with Crippen LogP contribution in [0.15, 0.2) is 78.9 Å². The summed E-state index contributed by atoms with van der Waals surface area (Å²) in [6.07, 6.45) is 2.11. The Labute approximate surface area is 193 Å². The molecule has 6 heteroatoms. The zero-order chi connectivity index (χ0) is 22.3. The Bertz CT molecular complexity index is 1150. The van der Waals surface area contributed by atoms with Gasteiger partial charge < -0.3 is 5.32 Å². The van der Waals surface area contributed by atoms with E-state index < -0.39 is 0 Å². The molecule has 1 N–H and O–H groups in total. The molecule has 0 saturated carbocycles. The molecule has 164 valence electrons. The van der Waals surface area contributed by atoms with Crippen molar-refractivity contribution in [2.45, 2.75) is 38.9 Å². The number of hydrogen-bond donors (Lipinski definition) is 1. The summed E-state index contributed by atoms with van der Waals surface area (Å²) < 4.78 is 13.4. The molecule has 0 aliphatic heterocycles. The molecule has 0 spiro atoms. The molecule has 0 radical (unpaired) electrons. The lowest BCUT2D eigenvalue weighted by Crippen LogP contribution is -2.21. The lowest BCUT2D eigenvalue weighted by Gasteiger charge is -2.18. The number of rotatable bonds is 9. The maximum Gasteiger partial charge on any atom is 0.124 e. The van der Waals surface area contributed by atoms with Gasteiger partial charge in [-0.1, -0.05) is 91.7 Å². The van der Waals surface area contributed by atoms with E-state index in [1.54, 1.807) is 10.9 Å². The minimum atomic E-state index is -0.357. The molecule has 4 rings (SSSR count). The van der Waals surface area contributed by atoms with Crippen LogP contribution < -0.4 is 5.32 Å². The second-order valence-corrected chi connectivity index (χ2v) is 8.17. The third-order valence-corrected chi connectivity index (χ3v) is 5.75. The van der Waals surface area contributed by atoms with Gasteiger partial charge in [-0.3, -0.25) is 0 Å². The van der Waals surface area contributed by atoms with E-state index in [4.69, 9.17) is 21.8 Å². The van der Waals surface area contributed by atoms with E-state index in [-0.39, 0.29) is 11.9 Å². The zero-order valence-electron chi connectivity index (χ0n) is 18.0. The fourth-order valence-electron chi connectivity index (χ4n) is 3.78. The van der Waals surface area contributed by atoms with Crippen LogP contribution in [-0.2, 0) is 13.1 Å². The van der Waals surface area contributed by atoms with Crippen LogP contribution >= 0.6 is 11.6 Å². The molecule has 0 saturated heterocycles. The maximum absolute atomic E-state index is 13.4. The average molecular weight is 449 g/mol. The summed E-state index contributed by atoms with van der Waals surface area (Å²) in [6.45, 7) is 3.15. The molecule has 4 aromatic rings. The zero-order valence-corrected chi connectivity index (χ0v) is 18.8. The first kappa shape index (κ1) is 22.2. The number of hydrogen-bond acceptors (Lipinski definition) is 3. The number of aromatic nitrogens is 3. The average Bonchev–Trinajstić information content (AvgIpc) is 3.22. The van der Waals surface area contributed by atoms with Crippen LogP contribution in [0, 0.1) is 5.82 Å². The molecule has 4 nitrogen and oxygen atoms in total. The highest BCUT2D eigenvalue weighted by atomic mass is 35.5. The molecular weight excluding hydrogens is 423 g/mol. The van der Waals surface area contributed by atoms with Crippen LogP contribution in [0.1, 0.15) is 42.6 Å². The van der Waals surface area contributed by atoms with E-state index in [9.17, 15) is 4.39 Å². The molecule has 0 amide bonds. The van der Waals surface area contributed by atoms with Gasteiger partial charge in [-0.15, -0.1) is 0 Å². The predicted octanol–water partition coefficient (Wildman–Crippen LogP) is 6.42. The van der Waals surface area contributed by atoms with Crippen LogP contribution in [0.2, 0.25) is 5.02 Å². The van der Waals surface area contributed by atoms with E-state index in [1.165, 1.54) is 17.7 Å². The van der Waals surface area contributed by atoms with E-state index in [0.29, 0.717) is 18.1 Å². The SMILES string of the molecule is CCC[C@H](NCc1nn(Cc2ccc(F)cc2Cl)nc1-c1ccccc1)c1ccccc1. The van der Waals surface area contributed by atoms with Gasteiger partial charge in [0.2, 0.25) is 0 Å². The number of halogens is 2. The molecular formula is C26H26ClFN4. The van der Waals surface area contributed by atoms with Gasteiger partial charge in [-0.2, -0.15) is 15.0 Å². The number of nitrogens with one attached hydrogen (secondary N) is 1. The smallest absolute Gasteiger partial charge is 0.124 e. The molecule has 32 heavy (non-hydrogen) atoms. The molecule has 1 heterocycles. The molecule has 0 bridgehead atoms. The summed E-state index contributed by atoms with van der Waals surface area (Å²) >= 11 is 6.23. The number of benzene rings is 3. The van der Waals surface area contributed by atoms with Crippen molar-refractivity contribution in [3.05, 3.63) is 107 Å². The Kier molecular flexibility index (Phi) is 7.30. The molecule has 1 aromatic heterocycles. The normalized spacial score (nSPS) is 12.1. The number of nitrogens with zero attached hydrogens (tertiary/aromatic N) is 3. The van der Waals surface area contributed by atoms with Gasteiger partial charge in [-0.25, -0.2) is 4.39 Å². The molecule has 1 atom stereocenters. The Hall–Kier alpha value is -3.02. The standard InChI is InChI=1S/C26H26ClFN4/c1-2-9-24(19-10-5-3-6-11-19)29-17-25-26(20-12-7-4-8-13-20)31-32(30-25)18-21-14-15-22(28)16-23(21)27/h3-8,10-16,24,29H,2,9,17-18H2,1H3/t24-/m0/s1. The van der Waals surface area contributed by atoms with E-state index in [1.807, 2.05) is 36.4 Å². The predicted molar refractivity (Wildman–Crippen MR) is 127 cm³/mol. The summed E-state index contributed by atoms with van der Waals surface area (Å²) in [6, 6.07) is 25.1. The summed E-state index contributed by atoms with van der Waals surface area (Å²) in [5.41, 5.74) is 4.75. The van der Waals surface area contributed by atoms with Crippen molar-refractivity contribution in [2.75, 3.05) is 0 Å². The van der Waals surface area contributed by atoms with Gasteiger partial charge in [0.15, 0.2) is 0 Å².